The molecule has 0 saturated carbocycles. The lowest BCUT2D eigenvalue weighted by Gasteiger charge is -2.16. The highest BCUT2D eigenvalue weighted by Gasteiger charge is 2.15. The van der Waals surface area contributed by atoms with Crippen LogP contribution in [0, 0.1) is 0 Å². The molecule has 19 heavy (non-hydrogen) atoms. The highest BCUT2D eigenvalue weighted by Crippen LogP contribution is 2.14. The van der Waals surface area contributed by atoms with E-state index >= 15 is 0 Å². The van der Waals surface area contributed by atoms with E-state index < -0.39 is 6.09 Å². The standard InChI is InChI=1S/C12H18N4O3/c13-11(16-18)10(9-4-2-1-3-5-9)8-15-6-7-19-12(14)17/h1-5,10,15,18H,6-8H2,(H2,13,16)(H2,14,17). The molecule has 6 N–H and O–H groups in total. The third-order valence-corrected chi connectivity index (χ3v) is 2.55. The normalized spacial score (nSPS) is 12.9. The van der Waals surface area contributed by atoms with Gasteiger partial charge in [-0.3, -0.25) is 0 Å². The number of nitrogens with two attached hydrogens (primary N) is 2. The Hall–Kier alpha value is -2.28. The van der Waals surface area contributed by atoms with Gasteiger partial charge in [0.2, 0.25) is 0 Å². The van der Waals surface area contributed by atoms with E-state index in [0.717, 1.165) is 5.56 Å². The number of nitrogens with one attached hydrogen (secondary N) is 1. The van der Waals surface area contributed by atoms with Crippen LogP contribution in [0.3, 0.4) is 0 Å². The van der Waals surface area contributed by atoms with Crippen molar-refractivity contribution in [2.45, 2.75) is 5.92 Å². The number of rotatable bonds is 7. The fourth-order valence-corrected chi connectivity index (χ4v) is 1.62. The van der Waals surface area contributed by atoms with Crippen LogP contribution in [0.25, 0.3) is 0 Å². The van der Waals surface area contributed by atoms with Crippen molar-refractivity contribution in [1.29, 1.82) is 0 Å². The first-order valence-corrected chi connectivity index (χ1v) is 5.80. The molecule has 0 aliphatic heterocycles. The van der Waals surface area contributed by atoms with Crippen LogP contribution in [0.15, 0.2) is 35.5 Å². The van der Waals surface area contributed by atoms with Crippen molar-refractivity contribution < 1.29 is 14.7 Å². The molecule has 0 radical (unpaired) electrons. The maximum atomic E-state index is 10.4. The molecule has 0 spiro atoms. The number of amidine groups is 1. The van der Waals surface area contributed by atoms with E-state index in [1.807, 2.05) is 30.3 Å². The number of carbonyl (C=O) groups excluding carboxylic acids is 1. The van der Waals surface area contributed by atoms with Gasteiger partial charge < -0.3 is 26.7 Å². The summed E-state index contributed by atoms with van der Waals surface area (Å²) in [5.41, 5.74) is 11.4. The first kappa shape index (κ1) is 14.8. The first-order valence-electron chi connectivity index (χ1n) is 5.80. The summed E-state index contributed by atoms with van der Waals surface area (Å²) < 4.78 is 4.58. The molecule has 1 rings (SSSR count). The number of amides is 1. The van der Waals surface area contributed by atoms with Gasteiger partial charge in [-0.2, -0.15) is 0 Å². The zero-order valence-corrected chi connectivity index (χ0v) is 10.5. The third kappa shape index (κ3) is 5.26. The Morgan fingerprint density at radius 3 is 2.63 bits per heavy atom. The Morgan fingerprint density at radius 1 is 1.37 bits per heavy atom. The summed E-state index contributed by atoms with van der Waals surface area (Å²) in [6, 6.07) is 9.43. The lowest BCUT2D eigenvalue weighted by Crippen LogP contribution is -2.33. The Kier molecular flexibility index (Phi) is 6.17. The highest BCUT2D eigenvalue weighted by atomic mass is 16.5. The van der Waals surface area contributed by atoms with E-state index in [-0.39, 0.29) is 18.4 Å². The molecule has 104 valence electrons. The molecular weight excluding hydrogens is 248 g/mol. The molecule has 0 saturated heterocycles. The monoisotopic (exact) mass is 266 g/mol. The van der Waals surface area contributed by atoms with E-state index in [9.17, 15) is 4.79 Å². The van der Waals surface area contributed by atoms with Crippen molar-refractivity contribution in [1.82, 2.24) is 5.32 Å². The highest BCUT2D eigenvalue weighted by molar-refractivity contribution is 5.87. The predicted octanol–water partition coefficient (Wildman–Crippen LogP) is 0.202. The van der Waals surface area contributed by atoms with Crippen LogP contribution in [-0.4, -0.2) is 36.8 Å². The molecule has 0 fully saturated rings. The first-order chi connectivity index (χ1) is 9.15. The minimum atomic E-state index is -0.808. The van der Waals surface area contributed by atoms with Crippen LogP contribution < -0.4 is 16.8 Å². The van der Waals surface area contributed by atoms with Crippen LogP contribution in [0.1, 0.15) is 11.5 Å². The number of oxime groups is 1. The van der Waals surface area contributed by atoms with Gasteiger partial charge in [0.25, 0.3) is 0 Å². The number of nitrogens with zero attached hydrogens (tertiary/aromatic N) is 1. The molecule has 1 unspecified atom stereocenters. The van der Waals surface area contributed by atoms with Gasteiger partial charge in [0.15, 0.2) is 0 Å². The van der Waals surface area contributed by atoms with Gasteiger partial charge in [-0.25, -0.2) is 4.79 Å². The summed E-state index contributed by atoms with van der Waals surface area (Å²) in [6.45, 7) is 1.07. The zero-order chi connectivity index (χ0) is 14.1. The molecule has 0 bridgehead atoms. The van der Waals surface area contributed by atoms with Crippen LogP contribution >= 0.6 is 0 Å². The lowest BCUT2D eigenvalue weighted by molar-refractivity contribution is 0.157. The number of hydrogen-bond donors (Lipinski definition) is 4. The minimum absolute atomic E-state index is 0.120. The number of carbonyl (C=O) groups is 1. The largest absolute Gasteiger partial charge is 0.448 e. The lowest BCUT2D eigenvalue weighted by atomic mass is 9.98. The van der Waals surface area contributed by atoms with E-state index in [1.165, 1.54) is 0 Å². The van der Waals surface area contributed by atoms with E-state index in [1.54, 1.807) is 0 Å². The van der Waals surface area contributed by atoms with Crippen molar-refractivity contribution in [3.05, 3.63) is 35.9 Å². The number of primary amides is 1. The fourth-order valence-electron chi connectivity index (χ4n) is 1.62. The Balaban J connectivity index is 2.50. The molecule has 0 aliphatic carbocycles. The fraction of sp³-hybridized carbons (Fsp3) is 0.333. The topological polar surface area (TPSA) is 123 Å². The van der Waals surface area contributed by atoms with Crippen LogP contribution in [0.2, 0.25) is 0 Å². The summed E-state index contributed by atoms with van der Waals surface area (Å²) in [5, 5.41) is 14.9. The molecule has 1 aromatic carbocycles. The summed E-state index contributed by atoms with van der Waals surface area (Å²) in [6.07, 6.45) is -0.808. The Labute approximate surface area is 111 Å². The van der Waals surface area contributed by atoms with Crippen LogP contribution in [-0.2, 0) is 4.74 Å². The van der Waals surface area contributed by atoms with Gasteiger partial charge in [-0.1, -0.05) is 35.5 Å². The van der Waals surface area contributed by atoms with E-state index in [2.05, 4.69) is 15.2 Å². The van der Waals surface area contributed by atoms with Crippen molar-refractivity contribution in [2.75, 3.05) is 19.7 Å². The minimum Gasteiger partial charge on any atom is -0.448 e. The number of benzene rings is 1. The predicted molar refractivity (Wildman–Crippen MR) is 71.0 cm³/mol. The van der Waals surface area contributed by atoms with Gasteiger partial charge in [0, 0.05) is 13.1 Å². The molecule has 0 aliphatic rings. The van der Waals surface area contributed by atoms with Gasteiger partial charge in [-0.05, 0) is 5.56 Å². The molecule has 1 atom stereocenters. The van der Waals surface area contributed by atoms with Crippen LogP contribution in [0.5, 0.6) is 0 Å². The average Bonchev–Trinajstić information content (AvgIpc) is 2.42. The van der Waals surface area contributed by atoms with Gasteiger partial charge in [0.1, 0.15) is 12.4 Å². The molecule has 1 aromatic rings. The summed E-state index contributed by atoms with van der Waals surface area (Å²) in [5.74, 6) is -0.130. The van der Waals surface area contributed by atoms with Gasteiger partial charge >= 0.3 is 6.09 Å². The maximum Gasteiger partial charge on any atom is 0.404 e. The second kappa shape index (κ2) is 7.93. The molecule has 1 amide bonds. The van der Waals surface area contributed by atoms with Crippen molar-refractivity contribution in [2.24, 2.45) is 16.6 Å². The van der Waals surface area contributed by atoms with Crippen molar-refractivity contribution in [3.63, 3.8) is 0 Å². The smallest absolute Gasteiger partial charge is 0.404 e. The average molecular weight is 266 g/mol. The van der Waals surface area contributed by atoms with Crippen molar-refractivity contribution in [3.8, 4) is 0 Å². The maximum absolute atomic E-state index is 10.4. The Bertz CT molecular complexity index is 422. The van der Waals surface area contributed by atoms with E-state index in [0.29, 0.717) is 13.1 Å². The SMILES string of the molecule is NC(=O)OCCNCC(/C(N)=N/O)c1ccccc1. The van der Waals surface area contributed by atoms with Crippen LogP contribution in [0.4, 0.5) is 4.79 Å². The van der Waals surface area contributed by atoms with Gasteiger partial charge in [-0.15, -0.1) is 0 Å². The summed E-state index contributed by atoms with van der Waals surface area (Å²) in [7, 11) is 0. The quantitative estimate of drug-likeness (QED) is 0.184. The molecule has 7 heteroatoms. The molecule has 7 nitrogen and oxygen atoms in total. The molecular formula is C12H18N4O3. The Morgan fingerprint density at radius 2 is 2.05 bits per heavy atom. The number of ether oxygens (including phenoxy) is 1. The zero-order valence-electron chi connectivity index (χ0n) is 10.5. The second-order valence-corrected chi connectivity index (χ2v) is 3.86. The molecule has 0 aromatic heterocycles. The summed E-state index contributed by atoms with van der Waals surface area (Å²) in [4.78, 5) is 10.4. The van der Waals surface area contributed by atoms with Gasteiger partial charge in [0.05, 0.1) is 5.92 Å². The second-order valence-electron chi connectivity index (χ2n) is 3.86. The summed E-state index contributed by atoms with van der Waals surface area (Å²) >= 11 is 0. The third-order valence-electron chi connectivity index (χ3n) is 2.55. The van der Waals surface area contributed by atoms with Crippen molar-refractivity contribution >= 4 is 11.9 Å². The van der Waals surface area contributed by atoms with E-state index in [4.69, 9.17) is 16.7 Å². The molecule has 0 heterocycles. The number of hydrogen-bond acceptors (Lipinski definition) is 5.